The summed E-state index contributed by atoms with van der Waals surface area (Å²) < 4.78 is 0. The lowest BCUT2D eigenvalue weighted by Gasteiger charge is -2.21. The molecule has 0 saturated carbocycles. The average Bonchev–Trinajstić information content (AvgIpc) is 3.29. The van der Waals surface area contributed by atoms with Gasteiger partial charge in [-0.25, -0.2) is 9.97 Å². The van der Waals surface area contributed by atoms with Gasteiger partial charge in [-0.1, -0.05) is 123 Å². The minimum atomic E-state index is -0.182. The smallest absolute Gasteiger partial charge is 0.0937 e. The van der Waals surface area contributed by atoms with Gasteiger partial charge in [0.05, 0.1) is 22.8 Å². The molecule has 8 aromatic rings. The molecule has 0 atom stereocenters. The minimum Gasteiger partial charge on any atom is -0.246 e. The van der Waals surface area contributed by atoms with Crippen LogP contribution >= 0.6 is 0 Å². The Labute approximate surface area is 250 Å². The summed E-state index contributed by atoms with van der Waals surface area (Å²) in [6.45, 7) is 4.58. The summed E-state index contributed by atoms with van der Waals surface area (Å²) in [7, 11) is 0. The summed E-state index contributed by atoms with van der Waals surface area (Å²) in [6, 6.07) is 48.1. The van der Waals surface area contributed by atoms with Crippen molar-refractivity contribution >= 4 is 43.1 Å². The number of pyridine rings is 2. The molecule has 0 spiro atoms. The van der Waals surface area contributed by atoms with Crippen molar-refractivity contribution < 1.29 is 0 Å². The lowest BCUT2D eigenvalue weighted by atomic mass is 9.83. The largest absolute Gasteiger partial charge is 0.246 e. The number of nitrogens with zero attached hydrogens (tertiary/aromatic N) is 2. The van der Waals surface area contributed by atoms with Crippen molar-refractivity contribution in [2.24, 2.45) is 0 Å². The Kier molecular flexibility index (Phi) is 4.99. The van der Waals surface area contributed by atoms with E-state index in [-0.39, 0.29) is 5.41 Å². The molecule has 0 unspecified atom stereocenters. The highest BCUT2D eigenvalue weighted by atomic mass is 14.8. The van der Waals surface area contributed by atoms with Gasteiger partial charge in [-0.15, -0.1) is 0 Å². The van der Waals surface area contributed by atoms with Crippen molar-refractivity contribution in [2.75, 3.05) is 0 Å². The third-order valence-electron chi connectivity index (χ3n) is 9.45. The number of hydrogen-bond acceptors (Lipinski definition) is 2. The monoisotopic (exact) mass is 548 g/mol. The van der Waals surface area contributed by atoms with E-state index in [4.69, 9.17) is 9.97 Å². The molecule has 0 radical (unpaired) electrons. The molecule has 0 amide bonds. The zero-order valence-electron chi connectivity index (χ0n) is 24.1. The Balaban J connectivity index is 1.28. The van der Waals surface area contributed by atoms with Crippen LogP contribution in [-0.4, -0.2) is 9.97 Å². The van der Waals surface area contributed by atoms with Gasteiger partial charge in [-0.05, 0) is 78.5 Å². The molecular formula is C41H28N2. The Morgan fingerprint density at radius 3 is 1.21 bits per heavy atom. The predicted molar refractivity (Wildman–Crippen MR) is 180 cm³/mol. The maximum absolute atomic E-state index is 5.40. The Morgan fingerprint density at radius 1 is 0.395 bits per heavy atom. The maximum Gasteiger partial charge on any atom is 0.0937 e. The molecule has 0 bridgehead atoms. The van der Waals surface area contributed by atoms with Gasteiger partial charge in [0.2, 0.25) is 0 Å². The highest BCUT2D eigenvalue weighted by molar-refractivity contribution is 6.14. The van der Waals surface area contributed by atoms with Crippen LogP contribution in [0.4, 0.5) is 0 Å². The van der Waals surface area contributed by atoms with Gasteiger partial charge in [0, 0.05) is 16.5 Å². The Morgan fingerprint density at radius 2 is 0.767 bits per heavy atom. The fraction of sp³-hybridized carbons (Fsp3) is 0.0732. The molecule has 1 aliphatic rings. The van der Waals surface area contributed by atoms with Crippen LogP contribution in [0.25, 0.3) is 77.0 Å². The summed E-state index contributed by atoms with van der Waals surface area (Å²) in [5.41, 5.74) is 8.51. The number of hydrogen-bond donors (Lipinski definition) is 0. The highest BCUT2D eigenvalue weighted by Crippen LogP contribution is 2.49. The van der Waals surface area contributed by atoms with E-state index < -0.39 is 0 Å². The third kappa shape index (κ3) is 3.47. The molecule has 2 aromatic heterocycles. The Hall–Kier alpha value is -5.34. The van der Waals surface area contributed by atoms with Crippen LogP contribution in [0.3, 0.4) is 0 Å². The molecule has 9 rings (SSSR count). The lowest BCUT2D eigenvalue weighted by molar-refractivity contribution is 0.658. The summed E-state index contributed by atoms with van der Waals surface area (Å²) in [4.78, 5) is 10.8. The first-order valence-electron chi connectivity index (χ1n) is 14.9. The zero-order valence-corrected chi connectivity index (χ0v) is 24.1. The summed E-state index contributed by atoms with van der Waals surface area (Å²) in [6.07, 6.45) is 0. The molecule has 0 fully saturated rings. The van der Waals surface area contributed by atoms with Gasteiger partial charge >= 0.3 is 0 Å². The quantitative estimate of drug-likeness (QED) is 0.201. The molecule has 1 aliphatic carbocycles. The van der Waals surface area contributed by atoms with E-state index in [0.29, 0.717) is 0 Å². The molecular weight excluding hydrogens is 520 g/mol. The van der Waals surface area contributed by atoms with Crippen LogP contribution in [0.15, 0.2) is 133 Å². The molecule has 0 N–H and O–H groups in total. The Bertz CT molecular complexity index is 2260. The summed E-state index contributed by atoms with van der Waals surface area (Å²) >= 11 is 0. The number of aromatic nitrogens is 2. The summed E-state index contributed by atoms with van der Waals surface area (Å²) in [5.74, 6) is 0. The van der Waals surface area contributed by atoms with Crippen LogP contribution in [0, 0.1) is 0 Å². The van der Waals surface area contributed by atoms with Crippen LogP contribution in [-0.2, 0) is 5.41 Å². The minimum absolute atomic E-state index is 0.182. The van der Waals surface area contributed by atoms with E-state index in [1.165, 1.54) is 54.2 Å². The number of fused-ring (bicyclic) bond motifs is 9. The van der Waals surface area contributed by atoms with Gasteiger partial charge in [0.1, 0.15) is 0 Å². The van der Waals surface area contributed by atoms with Crippen molar-refractivity contribution in [2.45, 2.75) is 19.3 Å². The van der Waals surface area contributed by atoms with Gasteiger partial charge in [0.15, 0.2) is 0 Å². The molecule has 2 heterocycles. The second-order valence-corrected chi connectivity index (χ2v) is 12.2. The van der Waals surface area contributed by atoms with E-state index in [1.807, 2.05) is 0 Å². The molecule has 202 valence electrons. The normalized spacial score (nSPS) is 13.5. The van der Waals surface area contributed by atoms with Crippen LogP contribution in [0.2, 0.25) is 0 Å². The second-order valence-electron chi connectivity index (χ2n) is 12.2. The van der Waals surface area contributed by atoms with E-state index >= 15 is 0 Å². The zero-order chi connectivity index (χ0) is 28.7. The van der Waals surface area contributed by atoms with Crippen molar-refractivity contribution in [3.8, 4) is 33.9 Å². The van der Waals surface area contributed by atoms with Crippen LogP contribution in [0.5, 0.6) is 0 Å². The maximum atomic E-state index is 5.40. The molecule has 2 heteroatoms. The van der Waals surface area contributed by atoms with Crippen molar-refractivity contribution in [1.29, 1.82) is 0 Å². The molecule has 0 saturated heterocycles. The van der Waals surface area contributed by atoms with E-state index in [9.17, 15) is 0 Å². The van der Waals surface area contributed by atoms with Gasteiger partial charge in [-0.2, -0.15) is 0 Å². The predicted octanol–water partition coefficient (Wildman–Crippen LogP) is 10.7. The number of rotatable bonds is 2. The molecule has 6 aromatic carbocycles. The van der Waals surface area contributed by atoms with Crippen LogP contribution < -0.4 is 0 Å². The highest BCUT2D eigenvalue weighted by Gasteiger charge is 2.38. The van der Waals surface area contributed by atoms with Crippen LogP contribution in [0.1, 0.15) is 25.0 Å². The van der Waals surface area contributed by atoms with Gasteiger partial charge in [0.25, 0.3) is 0 Å². The van der Waals surface area contributed by atoms with Gasteiger partial charge < -0.3 is 0 Å². The first-order valence-corrected chi connectivity index (χ1v) is 14.9. The fourth-order valence-corrected chi connectivity index (χ4v) is 7.27. The molecule has 43 heavy (non-hydrogen) atoms. The van der Waals surface area contributed by atoms with E-state index in [0.717, 1.165) is 33.9 Å². The SMILES string of the molecule is CC1(C)c2ccc(-c3cc4ccccc4c4ccccc34)nc2-c2nc(-c3cc4ccccc4c4ccccc34)ccc21. The van der Waals surface area contributed by atoms with Crippen molar-refractivity contribution in [3.63, 3.8) is 0 Å². The first kappa shape index (κ1) is 24.3. The molecule has 2 nitrogen and oxygen atoms in total. The standard InChI is InChI=1S/C41H28N2/c1-41(2)35-19-21-37(33-23-25-11-3-5-13-27(25)29-15-7-9-17-31(29)33)42-39(35)40-36(41)20-22-38(43-40)34-24-26-12-4-6-14-28(26)30-16-8-10-18-32(30)34/h3-24H,1-2H3. The topological polar surface area (TPSA) is 25.8 Å². The van der Waals surface area contributed by atoms with Crippen molar-refractivity contribution in [1.82, 2.24) is 9.97 Å². The summed E-state index contributed by atoms with van der Waals surface area (Å²) in [5, 5.41) is 9.92. The van der Waals surface area contributed by atoms with Gasteiger partial charge in [-0.3, -0.25) is 0 Å². The fourth-order valence-electron chi connectivity index (χ4n) is 7.27. The molecule has 0 aliphatic heterocycles. The average molecular weight is 549 g/mol. The second kappa shape index (κ2) is 8.83. The third-order valence-corrected chi connectivity index (χ3v) is 9.45. The van der Waals surface area contributed by atoms with Crippen molar-refractivity contribution in [3.05, 3.63) is 145 Å². The lowest BCUT2D eigenvalue weighted by Crippen LogP contribution is -2.15. The van der Waals surface area contributed by atoms with E-state index in [2.05, 4.69) is 147 Å². The first-order chi connectivity index (χ1) is 21.1. The van der Waals surface area contributed by atoms with E-state index in [1.54, 1.807) is 0 Å². The number of benzene rings is 6.